The lowest BCUT2D eigenvalue weighted by Crippen LogP contribution is -2.12. The molecule has 0 aliphatic heterocycles. The van der Waals surface area contributed by atoms with Gasteiger partial charge in [-0.05, 0) is 23.5 Å². The van der Waals surface area contributed by atoms with Gasteiger partial charge in [0.05, 0.1) is 0 Å². The molecule has 0 fully saturated rings. The molecule has 1 rings (SSSR count). The zero-order chi connectivity index (χ0) is 10.9. The Hall–Kier alpha value is -0.630. The van der Waals surface area contributed by atoms with Crippen LogP contribution in [0.4, 0.5) is 0 Å². The van der Waals surface area contributed by atoms with Gasteiger partial charge in [0.1, 0.15) is 5.75 Å². The lowest BCUT2D eigenvalue weighted by molar-refractivity contribution is 0.434. The van der Waals surface area contributed by atoms with Crippen molar-refractivity contribution >= 4 is 12.6 Å². The van der Waals surface area contributed by atoms with Gasteiger partial charge in [0, 0.05) is 10.5 Å². The van der Waals surface area contributed by atoms with Crippen LogP contribution in [0.5, 0.6) is 5.75 Å². The summed E-state index contributed by atoms with van der Waals surface area (Å²) in [6.07, 6.45) is 0.969. The minimum Gasteiger partial charge on any atom is -0.506 e. The Balaban J connectivity index is 3.35. The van der Waals surface area contributed by atoms with Crippen molar-refractivity contribution in [1.29, 1.82) is 0 Å². The normalized spacial score (nSPS) is 11.8. The maximum atomic E-state index is 9.88. The first-order valence-electron chi connectivity index (χ1n) is 4.91. The number of phenols is 1. The fraction of sp³-hybridized carbons (Fsp3) is 0.500. The van der Waals surface area contributed by atoms with E-state index < -0.39 is 0 Å². The number of aryl methyl sites for hydroxylation is 1. The molecule has 0 aliphatic rings. The Labute approximate surface area is 91.6 Å². The highest BCUT2D eigenvalue weighted by Crippen LogP contribution is 2.36. The highest BCUT2D eigenvalue weighted by atomic mass is 32.1. The molecule has 14 heavy (non-hydrogen) atoms. The van der Waals surface area contributed by atoms with Crippen LogP contribution in [-0.4, -0.2) is 5.11 Å². The number of hydrogen-bond acceptors (Lipinski definition) is 2. The van der Waals surface area contributed by atoms with Crippen LogP contribution in [0, 0.1) is 0 Å². The van der Waals surface area contributed by atoms with E-state index in [0.29, 0.717) is 10.6 Å². The van der Waals surface area contributed by atoms with Crippen molar-refractivity contribution < 1.29 is 5.11 Å². The van der Waals surface area contributed by atoms with E-state index in [1.165, 1.54) is 5.56 Å². The first-order valence-corrected chi connectivity index (χ1v) is 5.36. The Morgan fingerprint density at radius 3 is 2.29 bits per heavy atom. The number of rotatable bonds is 1. The van der Waals surface area contributed by atoms with E-state index in [2.05, 4.69) is 46.4 Å². The van der Waals surface area contributed by atoms with Gasteiger partial charge in [-0.1, -0.05) is 33.8 Å². The molecule has 1 N–H and O–H groups in total. The molecule has 0 aromatic heterocycles. The number of phenolic OH excluding ortho intramolecular Hbond substituents is 1. The molecular formula is C12H18OS. The Morgan fingerprint density at radius 2 is 1.86 bits per heavy atom. The number of hydrogen-bond donors (Lipinski definition) is 2. The summed E-state index contributed by atoms with van der Waals surface area (Å²) in [6.45, 7) is 8.38. The summed E-state index contributed by atoms with van der Waals surface area (Å²) < 4.78 is 0. The molecule has 78 valence electrons. The van der Waals surface area contributed by atoms with Crippen molar-refractivity contribution in [3.63, 3.8) is 0 Å². The van der Waals surface area contributed by atoms with Gasteiger partial charge in [-0.25, -0.2) is 0 Å². The summed E-state index contributed by atoms with van der Waals surface area (Å²) in [6, 6.07) is 3.99. The third kappa shape index (κ3) is 2.24. The molecular weight excluding hydrogens is 192 g/mol. The summed E-state index contributed by atoms with van der Waals surface area (Å²) in [5.41, 5.74) is 2.16. The first-order chi connectivity index (χ1) is 6.36. The van der Waals surface area contributed by atoms with E-state index in [9.17, 15) is 5.11 Å². The monoisotopic (exact) mass is 210 g/mol. The van der Waals surface area contributed by atoms with Crippen LogP contribution < -0.4 is 0 Å². The van der Waals surface area contributed by atoms with Crippen LogP contribution in [0.1, 0.15) is 38.8 Å². The molecule has 0 saturated heterocycles. The second-order valence-electron chi connectivity index (χ2n) is 4.61. The molecule has 1 nitrogen and oxygen atoms in total. The van der Waals surface area contributed by atoms with Gasteiger partial charge >= 0.3 is 0 Å². The molecule has 1 aromatic carbocycles. The second kappa shape index (κ2) is 3.85. The largest absolute Gasteiger partial charge is 0.506 e. The molecule has 0 bridgehead atoms. The van der Waals surface area contributed by atoms with Crippen LogP contribution in [0.15, 0.2) is 17.0 Å². The van der Waals surface area contributed by atoms with Gasteiger partial charge in [0.25, 0.3) is 0 Å². The Morgan fingerprint density at radius 1 is 1.29 bits per heavy atom. The van der Waals surface area contributed by atoms with Crippen molar-refractivity contribution in [2.45, 2.75) is 44.4 Å². The minimum absolute atomic E-state index is 0.0350. The lowest BCUT2D eigenvalue weighted by atomic mass is 9.85. The van der Waals surface area contributed by atoms with Crippen LogP contribution in [0.3, 0.4) is 0 Å². The van der Waals surface area contributed by atoms with Crippen molar-refractivity contribution in [2.75, 3.05) is 0 Å². The lowest BCUT2D eigenvalue weighted by Gasteiger charge is -2.22. The third-order valence-electron chi connectivity index (χ3n) is 2.37. The standard InChI is InChI=1S/C12H18OS/c1-5-8-6-9(12(2,3)4)11(13)10(14)7-8/h6-7,13-14H,5H2,1-4H3. The molecule has 0 unspecified atom stereocenters. The van der Waals surface area contributed by atoms with Crippen LogP contribution >= 0.6 is 12.6 Å². The maximum Gasteiger partial charge on any atom is 0.132 e. The zero-order valence-corrected chi connectivity index (χ0v) is 10.2. The molecule has 0 atom stereocenters. The number of benzene rings is 1. The molecule has 0 heterocycles. The van der Waals surface area contributed by atoms with E-state index >= 15 is 0 Å². The predicted molar refractivity (Wildman–Crippen MR) is 63.4 cm³/mol. The summed E-state index contributed by atoms with van der Waals surface area (Å²) in [7, 11) is 0. The van der Waals surface area contributed by atoms with Gasteiger partial charge in [-0.15, -0.1) is 12.6 Å². The van der Waals surface area contributed by atoms with Gasteiger partial charge in [-0.2, -0.15) is 0 Å². The van der Waals surface area contributed by atoms with Gasteiger partial charge in [0.2, 0.25) is 0 Å². The van der Waals surface area contributed by atoms with Crippen molar-refractivity contribution in [3.8, 4) is 5.75 Å². The van der Waals surface area contributed by atoms with Gasteiger partial charge in [-0.3, -0.25) is 0 Å². The molecule has 0 aliphatic carbocycles. The SMILES string of the molecule is CCc1cc(S)c(O)c(C(C)(C)C)c1. The van der Waals surface area contributed by atoms with Gasteiger partial charge in [0.15, 0.2) is 0 Å². The van der Waals surface area contributed by atoms with Crippen LogP contribution in [-0.2, 0) is 11.8 Å². The molecule has 0 amide bonds. The van der Waals surface area contributed by atoms with E-state index in [1.54, 1.807) is 0 Å². The summed E-state index contributed by atoms with van der Waals surface area (Å²) in [4.78, 5) is 0.675. The minimum atomic E-state index is -0.0350. The third-order valence-corrected chi connectivity index (χ3v) is 2.71. The fourth-order valence-corrected chi connectivity index (χ4v) is 1.74. The van der Waals surface area contributed by atoms with Crippen molar-refractivity contribution in [2.24, 2.45) is 0 Å². The fourth-order valence-electron chi connectivity index (χ4n) is 1.45. The summed E-state index contributed by atoms with van der Waals surface area (Å²) in [5.74, 6) is 0.318. The number of aromatic hydroxyl groups is 1. The van der Waals surface area contributed by atoms with E-state index in [-0.39, 0.29) is 5.41 Å². The van der Waals surface area contributed by atoms with E-state index in [4.69, 9.17) is 0 Å². The smallest absolute Gasteiger partial charge is 0.132 e. The Kier molecular flexibility index (Phi) is 3.15. The van der Waals surface area contributed by atoms with Gasteiger partial charge < -0.3 is 5.11 Å². The summed E-state index contributed by atoms with van der Waals surface area (Å²) >= 11 is 4.27. The topological polar surface area (TPSA) is 20.2 Å². The van der Waals surface area contributed by atoms with E-state index in [1.807, 2.05) is 6.07 Å². The van der Waals surface area contributed by atoms with Crippen molar-refractivity contribution in [3.05, 3.63) is 23.3 Å². The molecule has 0 saturated carbocycles. The second-order valence-corrected chi connectivity index (χ2v) is 5.10. The zero-order valence-electron chi connectivity index (χ0n) is 9.26. The maximum absolute atomic E-state index is 9.88. The molecule has 1 aromatic rings. The average Bonchev–Trinajstić information content (AvgIpc) is 2.07. The summed E-state index contributed by atoms with van der Waals surface area (Å²) in [5, 5.41) is 9.88. The van der Waals surface area contributed by atoms with Crippen LogP contribution in [0.25, 0.3) is 0 Å². The highest BCUT2D eigenvalue weighted by Gasteiger charge is 2.19. The highest BCUT2D eigenvalue weighted by molar-refractivity contribution is 7.80. The first kappa shape index (κ1) is 11.4. The molecule has 0 radical (unpaired) electrons. The van der Waals surface area contributed by atoms with Crippen LogP contribution in [0.2, 0.25) is 0 Å². The Bertz CT molecular complexity index is 337. The van der Waals surface area contributed by atoms with E-state index in [0.717, 1.165) is 12.0 Å². The molecule has 0 spiro atoms. The quantitative estimate of drug-likeness (QED) is 0.679. The van der Waals surface area contributed by atoms with Crippen molar-refractivity contribution in [1.82, 2.24) is 0 Å². The average molecular weight is 210 g/mol. The number of thiol groups is 1. The predicted octanol–water partition coefficient (Wildman–Crippen LogP) is 3.54. The molecule has 2 heteroatoms.